The Morgan fingerprint density at radius 1 is 0.578 bits per heavy atom. The van der Waals surface area contributed by atoms with Crippen LogP contribution in [0, 0.1) is 10.8 Å². The Balaban J connectivity index is 0.000000277. The van der Waals surface area contributed by atoms with E-state index in [9.17, 15) is 42.3 Å². The van der Waals surface area contributed by atoms with Crippen LogP contribution in [-0.2, 0) is 4.79 Å². The minimum Gasteiger partial charge on any atom is -0.489 e. The summed E-state index contributed by atoms with van der Waals surface area (Å²) in [4.78, 5) is 87.5. The van der Waals surface area contributed by atoms with Crippen LogP contribution in [0.2, 0.25) is 0 Å². The zero-order valence-corrected chi connectivity index (χ0v) is 35.8. The number of amides is 4. The topological polar surface area (TPSA) is 165 Å². The average Bonchev–Trinajstić information content (AvgIpc) is 3.62. The summed E-state index contributed by atoms with van der Waals surface area (Å²) in [6.07, 6.45) is 1.15. The fourth-order valence-electron chi connectivity index (χ4n) is 6.59. The zero-order valence-electron chi connectivity index (χ0n) is 35.8. The third-order valence-corrected chi connectivity index (χ3v) is 9.69. The SMILES string of the molecule is C.CC(C)(C)CC(=O)c1ccc(OC/C(=C/F)CN2C(=O)c3ccccc3C2=O)cc1.CC(C)(C)CC(=O)c1ccc(OC/C(CN2C(=O)c3ccccc3C2=O)=C(/F)C(=O)O)cc1. The second-order valence-corrected chi connectivity index (χ2v) is 17.4. The van der Waals surface area contributed by atoms with Crippen LogP contribution in [0.3, 0.4) is 0 Å². The maximum absolute atomic E-state index is 14.4. The monoisotopic (exact) mass is 878 g/mol. The van der Waals surface area contributed by atoms with Gasteiger partial charge in [-0.2, -0.15) is 4.39 Å². The lowest BCUT2D eigenvalue weighted by molar-refractivity contribution is -0.134. The van der Waals surface area contributed by atoms with Crippen molar-refractivity contribution in [3.05, 3.63) is 154 Å². The van der Waals surface area contributed by atoms with Gasteiger partial charge in [-0.15, -0.1) is 0 Å². The molecule has 0 spiro atoms. The molecule has 2 aliphatic rings. The first-order valence-corrected chi connectivity index (χ1v) is 20.0. The van der Waals surface area contributed by atoms with Gasteiger partial charge in [0.2, 0.25) is 5.83 Å². The summed E-state index contributed by atoms with van der Waals surface area (Å²) in [5, 5.41) is 9.10. The van der Waals surface area contributed by atoms with E-state index in [4.69, 9.17) is 14.6 Å². The smallest absolute Gasteiger partial charge is 0.364 e. The van der Waals surface area contributed by atoms with E-state index in [-0.39, 0.29) is 71.0 Å². The molecule has 0 saturated heterocycles. The number of hydrogen-bond acceptors (Lipinski definition) is 9. The molecule has 64 heavy (non-hydrogen) atoms. The van der Waals surface area contributed by atoms with Crippen LogP contribution in [0.25, 0.3) is 0 Å². The fraction of sp³-hybridized carbons (Fsp3) is 0.300. The predicted molar refractivity (Wildman–Crippen MR) is 236 cm³/mol. The van der Waals surface area contributed by atoms with Crippen LogP contribution in [0.5, 0.6) is 11.5 Å². The number of aliphatic carboxylic acids is 1. The molecule has 0 aromatic heterocycles. The number of carbonyl (C=O) groups is 7. The highest BCUT2D eigenvalue weighted by molar-refractivity contribution is 6.22. The van der Waals surface area contributed by atoms with Crippen LogP contribution in [0.15, 0.2) is 120 Å². The van der Waals surface area contributed by atoms with Gasteiger partial charge in [-0.1, -0.05) is 73.2 Å². The van der Waals surface area contributed by atoms with Crippen molar-refractivity contribution in [3.63, 3.8) is 0 Å². The van der Waals surface area contributed by atoms with Crippen molar-refractivity contribution in [2.24, 2.45) is 10.8 Å². The van der Waals surface area contributed by atoms with Crippen LogP contribution in [-0.4, -0.2) is 82.4 Å². The highest BCUT2D eigenvalue weighted by atomic mass is 19.1. The lowest BCUT2D eigenvalue weighted by Crippen LogP contribution is -2.33. The molecule has 4 aromatic carbocycles. The number of halogens is 2. The van der Waals surface area contributed by atoms with E-state index in [1.54, 1.807) is 72.8 Å². The molecule has 0 bridgehead atoms. The van der Waals surface area contributed by atoms with E-state index in [0.29, 0.717) is 47.2 Å². The van der Waals surface area contributed by atoms with E-state index in [2.05, 4.69) is 0 Å². The molecule has 0 saturated carbocycles. The number of imide groups is 2. The number of fused-ring (bicyclic) bond motifs is 2. The highest BCUT2D eigenvalue weighted by Gasteiger charge is 2.37. The molecule has 2 aliphatic heterocycles. The lowest BCUT2D eigenvalue weighted by Gasteiger charge is -2.18. The van der Waals surface area contributed by atoms with E-state index in [1.165, 1.54) is 24.3 Å². The number of ether oxygens (including phenoxy) is 2. The number of carboxylic acids is 1. The van der Waals surface area contributed by atoms with Crippen LogP contribution in [0.1, 0.15) is 124 Å². The molecule has 0 radical (unpaired) electrons. The van der Waals surface area contributed by atoms with Gasteiger partial charge in [0.25, 0.3) is 23.6 Å². The number of Topliss-reactive ketones (excluding diaryl/α,β-unsaturated/α-hetero) is 2. The molecule has 4 aromatic rings. The molecular formula is C50H52F2N2O10. The Bertz CT molecular complexity index is 2420. The van der Waals surface area contributed by atoms with Gasteiger partial charge in [-0.05, 0) is 83.6 Å². The molecule has 1 N–H and O–H groups in total. The Labute approximate surface area is 371 Å². The Hall–Kier alpha value is -7.09. The first-order chi connectivity index (χ1) is 29.7. The van der Waals surface area contributed by atoms with Gasteiger partial charge in [0, 0.05) is 35.1 Å². The van der Waals surface area contributed by atoms with Crippen LogP contribution >= 0.6 is 0 Å². The average molecular weight is 879 g/mol. The zero-order chi connectivity index (χ0) is 46.2. The fourth-order valence-corrected chi connectivity index (χ4v) is 6.59. The van der Waals surface area contributed by atoms with Crippen molar-refractivity contribution >= 4 is 41.2 Å². The molecule has 14 heteroatoms. The molecule has 0 unspecified atom stereocenters. The predicted octanol–water partition coefficient (Wildman–Crippen LogP) is 9.76. The number of benzene rings is 4. The van der Waals surface area contributed by atoms with Crippen molar-refractivity contribution < 1.29 is 56.9 Å². The number of carbonyl (C=O) groups excluding carboxylic acids is 6. The van der Waals surface area contributed by atoms with Crippen molar-refractivity contribution in [2.75, 3.05) is 26.3 Å². The minimum absolute atomic E-state index is 0. The van der Waals surface area contributed by atoms with E-state index in [0.717, 1.165) is 9.80 Å². The van der Waals surface area contributed by atoms with E-state index in [1.807, 2.05) is 41.5 Å². The Morgan fingerprint density at radius 3 is 1.25 bits per heavy atom. The summed E-state index contributed by atoms with van der Waals surface area (Å²) in [6.45, 7) is 10.5. The van der Waals surface area contributed by atoms with Crippen LogP contribution < -0.4 is 9.47 Å². The van der Waals surface area contributed by atoms with E-state index >= 15 is 0 Å². The molecule has 4 amide bonds. The Morgan fingerprint density at radius 2 is 0.922 bits per heavy atom. The number of rotatable bonds is 15. The summed E-state index contributed by atoms with van der Waals surface area (Å²) >= 11 is 0. The van der Waals surface area contributed by atoms with Crippen molar-refractivity contribution in [1.82, 2.24) is 9.80 Å². The van der Waals surface area contributed by atoms with Crippen molar-refractivity contribution in [2.45, 2.75) is 61.8 Å². The molecule has 2 heterocycles. The molecular weight excluding hydrogens is 827 g/mol. The normalized spacial score (nSPS) is 13.9. The quantitative estimate of drug-likeness (QED) is 0.0691. The molecule has 12 nitrogen and oxygen atoms in total. The van der Waals surface area contributed by atoms with Gasteiger partial charge in [0.1, 0.15) is 24.7 Å². The summed E-state index contributed by atoms with van der Waals surface area (Å²) in [5.74, 6) is -4.73. The molecule has 0 atom stereocenters. The number of ketones is 2. The van der Waals surface area contributed by atoms with Gasteiger partial charge in [-0.25, -0.2) is 9.18 Å². The molecule has 336 valence electrons. The minimum atomic E-state index is -1.83. The third-order valence-electron chi connectivity index (χ3n) is 9.69. The van der Waals surface area contributed by atoms with Gasteiger partial charge in [-0.3, -0.25) is 38.6 Å². The van der Waals surface area contributed by atoms with E-state index < -0.39 is 48.6 Å². The van der Waals surface area contributed by atoms with Crippen LogP contribution in [0.4, 0.5) is 8.78 Å². The molecule has 0 fully saturated rings. The third kappa shape index (κ3) is 12.5. The maximum Gasteiger partial charge on any atom is 0.364 e. The first-order valence-electron chi connectivity index (χ1n) is 20.0. The summed E-state index contributed by atoms with van der Waals surface area (Å²) in [7, 11) is 0. The van der Waals surface area contributed by atoms with Gasteiger partial charge < -0.3 is 14.6 Å². The number of nitrogens with zero attached hydrogens (tertiary/aromatic N) is 2. The standard InChI is InChI=1S/C25H24FNO6.C24H24FNO4.CH4/c1-25(2,3)12-20(28)15-8-10-17(11-9-15)33-14-16(21(26)24(31)32)13-27-22(29)18-6-4-5-7-19(18)23(27)30;1-24(2,3)12-21(27)17-8-10-18(11-9-17)30-15-16(13-25)14-26-22(28)19-6-4-5-7-20(19)23(26)29;/h4-11H,12-14H2,1-3H3,(H,31,32);4-11,13H,12,14-15H2,1-3H3;1H4/b21-16+;16-13+;. The summed E-state index contributed by atoms with van der Waals surface area (Å²) in [5.41, 5.74) is 1.58. The Kier molecular flexibility index (Phi) is 16.1. The first kappa shape index (κ1) is 49.6. The maximum atomic E-state index is 14.4. The summed E-state index contributed by atoms with van der Waals surface area (Å²) < 4.78 is 38.8. The second-order valence-electron chi connectivity index (χ2n) is 17.4. The molecule has 6 rings (SSSR count). The number of carboxylic acid groups (broad SMARTS) is 1. The highest BCUT2D eigenvalue weighted by Crippen LogP contribution is 2.28. The summed E-state index contributed by atoms with van der Waals surface area (Å²) in [6, 6.07) is 25.5. The van der Waals surface area contributed by atoms with Gasteiger partial charge in [0.05, 0.1) is 41.7 Å². The van der Waals surface area contributed by atoms with Crippen molar-refractivity contribution in [3.8, 4) is 11.5 Å². The number of hydrogen-bond donors (Lipinski definition) is 1. The second kappa shape index (κ2) is 20.9. The van der Waals surface area contributed by atoms with Gasteiger partial charge >= 0.3 is 5.97 Å². The lowest BCUT2D eigenvalue weighted by atomic mass is 9.88. The van der Waals surface area contributed by atoms with Gasteiger partial charge in [0.15, 0.2) is 11.6 Å². The largest absolute Gasteiger partial charge is 0.489 e. The molecule has 0 aliphatic carbocycles. The van der Waals surface area contributed by atoms with Crippen molar-refractivity contribution in [1.29, 1.82) is 0 Å².